The molecule has 0 saturated heterocycles. The Hall–Kier alpha value is -3.03. The smallest absolute Gasteiger partial charge is 0.311 e. The summed E-state index contributed by atoms with van der Waals surface area (Å²) in [5, 5.41) is 3.63. The number of carbonyl (C=O) groups excluding carboxylic acids is 1. The fourth-order valence-electron chi connectivity index (χ4n) is 1.79. The van der Waals surface area contributed by atoms with Gasteiger partial charge in [0.15, 0.2) is 0 Å². The van der Waals surface area contributed by atoms with Gasteiger partial charge in [-0.1, -0.05) is 18.2 Å². The van der Waals surface area contributed by atoms with Crippen LogP contribution in [0.2, 0.25) is 0 Å². The molecule has 0 bridgehead atoms. The Balaban J connectivity index is 2.04. The number of aromatic nitrogens is 2. The van der Waals surface area contributed by atoms with Crippen molar-refractivity contribution in [3.8, 4) is 0 Å². The van der Waals surface area contributed by atoms with Crippen LogP contribution in [0.3, 0.4) is 0 Å². The molecule has 2 aromatic rings. The van der Waals surface area contributed by atoms with Gasteiger partial charge in [0, 0.05) is 16.8 Å². The third-order valence-corrected chi connectivity index (χ3v) is 2.89. The lowest BCUT2D eigenvalue weighted by Gasteiger charge is -2.03. The standard InChI is InChI=1S/C14H13FN4O3/c1-8-10(13(21)18-14(22)17-8)6-12(20)19-16-7-9-4-2-3-5-11(9)15/h2-5,7H,6H2,1H3,(H,19,20)(H2,17,18,21,22)/b16-7-. The van der Waals surface area contributed by atoms with Crippen molar-refractivity contribution in [2.24, 2.45) is 5.10 Å². The maximum Gasteiger partial charge on any atom is 0.325 e. The summed E-state index contributed by atoms with van der Waals surface area (Å²) in [6.07, 6.45) is 0.906. The highest BCUT2D eigenvalue weighted by Gasteiger charge is 2.10. The highest BCUT2D eigenvalue weighted by atomic mass is 19.1. The summed E-state index contributed by atoms with van der Waals surface area (Å²) < 4.78 is 13.3. The zero-order chi connectivity index (χ0) is 16.1. The first-order valence-electron chi connectivity index (χ1n) is 6.36. The van der Waals surface area contributed by atoms with Crippen molar-refractivity contribution in [2.75, 3.05) is 0 Å². The summed E-state index contributed by atoms with van der Waals surface area (Å²) in [7, 11) is 0. The number of amides is 1. The zero-order valence-electron chi connectivity index (χ0n) is 11.6. The molecule has 1 heterocycles. The van der Waals surface area contributed by atoms with Crippen LogP contribution in [0.5, 0.6) is 0 Å². The topological polar surface area (TPSA) is 107 Å². The molecule has 3 N–H and O–H groups in total. The number of hydrogen-bond acceptors (Lipinski definition) is 4. The molecule has 0 fully saturated rings. The van der Waals surface area contributed by atoms with Crippen molar-refractivity contribution in [1.29, 1.82) is 0 Å². The van der Waals surface area contributed by atoms with Gasteiger partial charge in [-0.15, -0.1) is 0 Å². The summed E-state index contributed by atoms with van der Waals surface area (Å²) in [5.41, 5.74) is 1.60. The van der Waals surface area contributed by atoms with E-state index in [-0.39, 0.29) is 17.5 Å². The molecule has 1 amide bonds. The van der Waals surface area contributed by atoms with E-state index in [0.29, 0.717) is 5.69 Å². The molecule has 0 atom stereocenters. The van der Waals surface area contributed by atoms with Crippen molar-refractivity contribution < 1.29 is 9.18 Å². The molecule has 0 aliphatic carbocycles. The van der Waals surface area contributed by atoms with E-state index in [2.05, 4.69) is 15.5 Å². The summed E-state index contributed by atoms with van der Waals surface area (Å²) >= 11 is 0. The number of aryl methyl sites for hydroxylation is 1. The van der Waals surface area contributed by atoms with Crippen molar-refractivity contribution in [1.82, 2.24) is 15.4 Å². The number of nitrogens with zero attached hydrogens (tertiary/aromatic N) is 1. The van der Waals surface area contributed by atoms with Crippen LogP contribution in [0, 0.1) is 12.7 Å². The number of halogens is 1. The van der Waals surface area contributed by atoms with Crippen molar-refractivity contribution in [3.05, 3.63) is 67.7 Å². The van der Waals surface area contributed by atoms with Crippen molar-refractivity contribution in [3.63, 3.8) is 0 Å². The van der Waals surface area contributed by atoms with Crippen molar-refractivity contribution in [2.45, 2.75) is 13.3 Å². The molecule has 22 heavy (non-hydrogen) atoms. The molecule has 8 heteroatoms. The van der Waals surface area contributed by atoms with E-state index in [1.54, 1.807) is 6.07 Å². The minimum atomic E-state index is -0.635. The highest BCUT2D eigenvalue weighted by molar-refractivity contribution is 5.83. The number of nitrogens with one attached hydrogen (secondary N) is 3. The summed E-state index contributed by atoms with van der Waals surface area (Å²) in [6.45, 7) is 1.52. The van der Waals surface area contributed by atoms with Gasteiger partial charge in [0.1, 0.15) is 5.82 Å². The van der Waals surface area contributed by atoms with Crippen LogP contribution < -0.4 is 16.7 Å². The van der Waals surface area contributed by atoms with Gasteiger partial charge in [0.2, 0.25) is 5.91 Å². The molecular formula is C14H13FN4O3. The minimum absolute atomic E-state index is 0.137. The van der Waals surface area contributed by atoms with Gasteiger partial charge in [-0.05, 0) is 13.0 Å². The van der Waals surface area contributed by atoms with Crippen LogP contribution in [0.25, 0.3) is 0 Å². The Kier molecular flexibility index (Phi) is 4.62. The van der Waals surface area contributed by atoms with E-state index in [4.69, 9.17) is 0 Å². The molecule has 0 unspecified atom stereocenters. The van der Waals surface area contributed by atoms with Crippen LogP contribution in [0.1, 0.15) is 16.8 Å². The number of hydrazone groups is 1. The predicted molar refractivity (Wildman–Crippen MR) is 78.3 cm³/mol. The second-order valence-corrected chi connectivity index (χ2v) is 4.50. The molecule has 2 rings (SSSR count). The molecule has 0 saturated carbocycles. The van der Waals surface area contributed by atoms with Crippen LogP contribution >= 0.6 is 0 Å². The lowest BCUT2D eigenvalue weighted by molar-refractivity contribution is -0.120. The molecular weight excluding hydrogens is 291 g/mol. The quantitative estimate of drug-likeness (QED) is 0.555. The number of benzene rings is 1. The number of hydrogen-bond donors (Lipinski definition) is 3. The van der Waals surface area contributed by atoms with Crippen LogP contribution in [-0.2, 0) is 11.2 Å². The van der Waals surface area contributed by atoms with E-state index in [0.717, 1.165) is 6.21 Å². The molecule has 1 aromatic heterocycles. The molecule has 0 aliphatic heterocycles. The number of aromatic amines is 2. The Morgan fingerprint density at radius 1 is 1.32 bits per heavy atom. The second kappa shape index (κ2) is 6.61. The number of H-pyrrole nitrogens is 2. The Bertz CT molecular complexity index is 838. The maximum atomic E-state index is 13.3. The van der Waals surface area contributed by atoms with E-state index >= 15 is 0 Å². The Morgan fingerprint density at radius 2 is 2.05 bits per heavy atom. The van der Waals surface area contributed by atoms with E-state index in [1.807, 2.05) is 4.98 Å². The number of carbonyl (C=O) groups is 1. The summed E-state index contributed by atoms with van der Waals surface area (Å²) in [6, 6.07) is 5.94. The normalized spacial score (nSPS) is 10.8. The van der Waals surface area contributed by atoms with Gasteiger partial charge >= 0.3 is 5.69 Å². The van der Waals surface area contributed by atoms with Crippen molar-refractivity contribution >= 4 is 12.1 Å². The van der Waals surface area contributed by atoms with E-state index < -0.39 is 23.0 Å². The molecule has 0 aliphatic rings. The van der Waals surface area contributed by atoms with Crippen LogP contribution in [0.4, 0.5) is 4.39 Å². The minimum Gasteiger partial charge on any atom is -0.311 e. The summed E-state index contributed by atoms with van der Waals surface area (Å²) in [4.78, 5) is 38.8. The largest absolute Gasteiger partial charge is 0.325 e. The highest BCUT2D eigenvalue weighted by Crippen LogP contribution is 2.02. The van der Waals surface area contributed by atoms with Gasteiger partial charge in [0.25, 0.3) is 5.56 Å². The first-order chi connectivity index (χ1) is 10.5. The van der Waals surface area contributed by atoms with Gasteiger partial charge in [-0.3, -0.25) is 14.6 Å². The van der Waals surface area contributed by atoms with Gasteiger partial charge in [0.05, 0.1) is 12.6 Å². The molecule has 0 spiro atoms. The maximum absolute atomic E-state index is 13.3. The predicted octanol–water partition coefficient (Wildman–Crippen LogP) is 0.204. The van der Waals surface area contributed by atoms with E-state index in [1.165, 1.54) is 25.1 Å². The first-order valence-corrected chi connectivity index (χ1v) is 6.36. The molecule has 114 valence electrons. The molecule has 7 nitrogen and oxygen atoms in total. The van der Waals surface area contributed by atoms with Gasteiger partial charge in [-0.2, -0.15) is 5.10 Å². The molecule has 0 radical (unpaired) electrons. The SMILES string of the molecule is Cc1[nH]c(=O)[nH]c(=O)c1CC(=O)N/N=C\c1ccccc1F. The van der Waals surface area contributed by atoms with Crippen LogP contribution in [-0.4, -0.2) is 22.1 Å². The summed E-state index contributed by atoms with van der Waals surface area (Å²) in [5.74, 6) is -1.03. The average Bonchev–Trinajstić information content (AvgIpc) is 2.45. The monoisotopic (exact) mass is 304 g/mol. The van der Waals surface area contributed by atoms with Gasteiger partial charge < -0.3 is 4.98 Å². The first kappa shape index (κ1) is 15.4. The molecule has 1 aromatic carbocycles. The van der Waals surface area contributed by atoms with Gasteiger partial charge in [-0.25, -0.2) is 14.6 Å². The lowest BCUT2D eigenvalue weighted by Crippen LogP contribution is -2.30. The average molecular weight is 304 g/mol. The van der Waals surface area contributed by atoms with E-state index in [9.17, 15) is 18.8 Å². The zero-order valence-corrected chi connectivity index (χ0v) is 11.6. The third kappa shape index (κ3) is 3.75. The second-order valence-electron chi connectivity index (χ2n) is 4.50. The fraction of sp³-hybridized carbons (Fsp3) is 0.143. The lowest BCUT2D eigenvalue weighted by atomic mass is 10.1. The fourth-order valence-corrected chi connectivity index (χ4v) is 1.79. The third-order valence-electron chi connectivity index (χ3n) is 2.89. The Labute approximate surface area is 123 Å². The Morgan fingerprint density at radius 3 is 2.73 bits per heavy atom. The van der Waals surface area contributed by atoms with Crippen LogP contribution in [0.15, 0.2) is 39.0 Å². The number of rotatable bonds is 4.